The lowest BCUT2D eigenvalue weighted by Gasteiger charge is -2.15. The molecule has 9 heteroatoms. The summed E-state index contributed by atoms with van der Waals surface area (Å²) >= 11 is 12.0. The highest BCUT2D eigenvalue weighted by Crippen LogP contribution is 2.31. The Hall–Kier alpha value is -2.09. The molecule has 0 bridgehead atoms. The number of aromatic nitrogens is 2. The molecule has 0 spiro atoms. The Labute approximate surface area is 154 Å². The third-order valence-electron chi connectivity index (χ3n) is 3.55. The number of amides is 1. The Morgan fingerprint density at radius 1 is 1.32 bits per heavy atom. The second-order valence-electron chi connectivity index (χ2n) is 5.27. The van der Waals surface area contributed by atoms with Crippen LogP contribution < -0.4 is 14.8 Å². The van der Waals surface area contributed by atoms with E-state index < -0.39 is 5.91 Å². The van der Waals surface area contributed by atoms with Gasteiger partial charge in [-0.1, -0.05) is 23.2 Å². The summed E-state index contributed by atoms with van der Waals surface area (Å²) in [6.07, 6.45) is 4.84. The van der Waals surface area contributed by atoms with Crippen molar-refractivity contribution >= 4 is 34.8 Å². The smallest absolute Gasteiger partial charge is 0.257 e. The van der Waals surface area contributed by atoms with Gasteiger partial charge >= 0.3 is 0 Å². The fourth-order valence-electron chi connectivity index (χ4n) is 2.30. The molecule has 1 aliphatic heterocycles. The molecule has 1 N–H and O–H groups in total. The van der Waals surface area contributed by atoms with E-state index in [-0.39, 0.29) is 27.4 Å². The molecule has 1 atom stereocenters. The molecule has 2 aromatic heterocycles. The van der Waals surface area contributed by atoms with E-state index in [2.05, 4.69) is 15.3 Å². The molecule has 0 radical (unpaired) electrons. The minimum atomic E-state index is -0.433. The zero-order valence-electron chi connectivity index (χ0n) is 13.3. The van der Waals surface area contributed by atoms with Crippen molar-refractivity contribution in [3.8, 4) is 11.6 Å². The van der Waals surface area contributed by atoms with Crippen LogP contribution in [0.5, 0.6) is 11.6 Å². The van der Waals surface area contributed by atoms with E-state index in [4.69, 9.17) is 37.4 Å². The van der Waals surface area contributed by atoms with Crippen molar-refractivity contribution in [3.63, 3.8) is 0 Å². The van der Waals surface area contributed by atoms with Gasteiger partial charge in [0.15, 0.2) is 5.75 Å². The van der Waals surface area contributed by atoms with Crippen LogP contribution in [0.25, 0.3) is 0 Å². The number of hydrogen-bond acceptors (Lipinski definition) is 6. The van der Waals surface area contributed by atoms with Crippen LogP contribution in [-0.4, -0.2) is 42.3 Å². The molecule has 1 aliphatic rings. The van der Waals surface area contributed by atoms with Gasteiger partial charge in [0.1, 0.15) is 6.10 Å². The van der Waals surface area contributed by atoms with Gasteiger partial charge in [-0.3, -0.25) is 9.78 Å². The van der Waals surface area contributed by atoms with Crippen molar-refractivity contribution in [3.05, 3.63) is 40.3 Å². The van der Waals surface area contributed by atoms with Crippen molar-refractivity contribution in [2.45, 2.75) is 12.5 Å². The van der Waals surface area contributed by atoms with Crippen molar-refractivity contribution in [2.24, 2.45) is 0 Å². The number of halogens is 2. The summed E-state index contributed by atoms with van der Waals surface area (Å²) in [5.41, 5.74) is 0.560. The quantitative estimate of drug-likeness (QED) is 0.853. The molecule has 3 heterocycles. The summed E-state index contributed by atoms with van der Waals surface area (Å²) in [5, 5.41) is 3.12. The largest absolute Gasteiger partial charge is 0.482 e. The number of carbonyl (C=O) groups is 1. The van der Waals surface area contributed by atoms with Crippen molar-refractivity contribution in [1.82, 2.24) is 9.97 Å². The second kappa shape index (κ2) is 7.86. The van der Waals surface area contributed by atoms with E-state index >= 15 is 0 Å². The number of pyridine rings is 2. The van der Waals surface area contributed by atoms with E-state index in [0.29, 0.717) is 24.8 Å². The van der Waals surface area contributed by atoms with Crippen LogP contribution in [0.4, 0.5) is 5.69 Å². The molecule has 3 rings (SSSR count). The topological polar surface area (TPSA) is 82.6 Å². The summed E-state index contributed by atoms with van der Waals surface area (Å²) in [6.45, 7) is 1.13. The molecule has 1 amide bonds. The maximum absolute atomic E-state index is 12.5. The lowest BCUT2D eigenvalue weighted by Crippen LogP contribution is -2.18. The monoisotopic (exact) mass is 383 g/mol. The van der Waals surface area contributed by atoms with Gasteiger partial charge in [-0.05, 0) is 0 Å². The van der Waals surface area contributed by atoms with Gasteiger partial charge < -0.3 is 19.5 Å². The summed E-state index contributed by atoms with van der Waals surface area (Å²) in [7, 11) is 1.48. The molecule has 2 aromatic rings. The van der Waals surface area contributed by atoms with E-state index in [1.807, 2.05) is 0 Å². The minimum absolute atomic E-state index is 0.0990. The van der Waals surface area contributed by atoms with Crippen LogP contribution in [-0.2, 0) is 4.74 Å². The number of nitrogens with one attached hydrogen (secondary N) is 1. The SMILES string of the molecule is COc1ncc(C(=O)Nc2c(Cl)cncc2Cl)cc1OC1CCOC1. The number of hydrogen-bond donors (Lipinski definition) is 1. The van der Waals surface area contributed by atoms with Gasteiger partial charge in [0, 0.05) is 31.1 Å². The second-order valence-corrected chi connectivity index (χ2v) is 6.08. The molecule has 1 unspecified atom stereocenters. The maximum Gasteiger partial charge on any atom is 0.257 e. The van der Waals surface area contributed by atoms with Gasteiger partial charge in [-0.25, -0.2) is 4.98 Å². The average Bonchev–Trinajstić information content (AvgIpc) is 3.11. The highest BCUT2D eigenvalue weighted by atomic mass is 35.5. The first kappa shape index (κ1) is 17.7. The Morgan fingerprint density at radius 3 is 2.72 bits per heavy atom. The first-order valence-electron chi connectivity index (χ1n) is 7.47. The third-order valence-corrected chi connectivity index (χ3v) is 4.12. The molecular weight excluding hydrogens is 369 g/mol. The third kappa shape index (κ3) is 4.12. The molecule has 0 aliphatic carbocycles. The molecule has 132 valence electrons. The van der Waals surface area contributed by atoms with Gasteiger partial charge in [0.05, 0.1) is 41.6 Å². The summed E-state index contributed by atoms with van der Waals surface area (Å²) in [4.78, 5) is 20.5. The number of carbonyl (C=O) groups excluding carboxylic acids is 1. The Kier molecular flexibility index (Phi) is 5.57. The molecule has 0 saturated carbocycles. The molecule has 1 saturated heterocycles. The number of nitrogens with zero attached hydrogens (tertiary/aromatic N) is 2. The number of methoxy groups -OCH3 is 1. The lowest BCUT2D eigenvalue weighted by atomic mass is 10.2. The van der Waals surface area contributed by atoms with E-state index in [9.17, 15) is 4.79 Å². The predicted molar refractivity (Wildman–Crippen MR) is 92.9 cm³/mol. The van der Waals surface area contributed by atoms with Crippen LogP contribution in [0.1, 0.15) is 16.8 Å². The Morgan fingerprint density at radius 2 is 2.08 bits per heavy atom. The van der Waals surface area contributed by atoms with Gasteiger partial charge in [0.25, 0.3) is 11.8 Å². The van der Waals surface area contributed by atoms with Gasteiger partial charge in [-0.15, -0.1) is 0 Å². The van der Waals surface area contributed by atoms with E-state index in [1.54, 1.807) is 6.07 Å². The molecule has 1 fully saturated rings. The van der Waals surface area contributed by atoms with E-state index in [1.165, 1.54) is 25.7 Å². The summed E-state index contributed by atoms with van der Waals surface area (Å²) < 4.78 is 16.3. The first-order chi connectivity index (χ1) is 12.1. The number of ether oxygens (including phenoxy) is 3. The minimum Gasteiger partial charge on any atom is -0.482 e. The average molecular weight is 384 g/mol. The Bertz CT molecular complexity index is 762. The van der Waals surface area contributed by atoms with Crippen LogP contribution in [0.3, 0.4) is 0 Å². The molecule has 25 heavy (non-hydrogen) atoms. The zero-order valence-corrected chi connectivity index (χ0v) is 14.8. The first-order valence-corrected chi connectivity index (χ1v) is 8.23. The normalized spacial score (nSPS) is 16.5. The van der Waals surface area contributed by atoms with Crippen molar-refractivity contribution < 1.29 is 19.0 Å². The summed E-state index contributed by atoms with van der Waals surface area (Å²) in [6, 6.07) is 1.56. The van der Waals surface area contributed by atoms with Gasteiger partial charge in [-0.2, -0.15) is 0 Å². The fraction of sp³-hybridized carbons (Fsp3) is 0.312. The summed E-state index contributed by atoms with van der Waals surface area (Å²) in [5.74, 6) is 0.235. The molecule has 7 nitrogen and oxygen atoms in total. The van der Waals surface area contributed by atoms with Gasteiger partial charge in [0.2, 0.25) is 0 Å². The standard InChI is InChI=1S/C16H15Cl2N3O4/c1-23-16-13(25-10-2-3-24-8-10)4-9(5-20-16)15(22)21-14-11(17)6-19-7-12(14)18/h4-7,10H,2-3,8H2,1H3,(H,19,21,22). The number of anilines is 1. The van der Waals surface area contributed by atoms with Crippen LogP contribution in [0.15, 0.2) is 24.7 Å². The van der Waals surface area contributed by atoms with Crippen molar-refractivity contribution in [1.29, 1.82) is 0 Å². The maximum atomic E-state index is 12.5. The highest BCUT2D eigenvalue weighted by molar-refractivity contribution is 6.39. The van der Waals surface area contributed by atoms with Crippen LogP contribution in [0.2, 0.25) is 10.0 Å². The molecular formula is C16H15Cl2N3O4. The molecule has 0 aromatic carbocycles. The van der Waals surface area contributed by atoms with E-state index in [0.717, 1.165) is 6.42 Å². The van der Waals surface area contributed by atoms with Crippen LogP contribution >= 0.6 is 23.2 Å². The van der Waals surface area contributed by atoms with Crippen LogP contribution in [0, 0.1) is 0 Å². The lowest BCUT2D eigenvalue weighted by molar-refractivity contribution is 0.102. The zero-order chi connectivity index (χ0) is 17.8. The Balaban J connectivity index is 1.82. The fourth-order valence-corrected chi connectivity index (χ4v) is 2.75. The predicted octanol–water partition coefficient (Wildman–Crippen LogP) is 3.21. The number of rotatable bonds is 5. The van der Waals surface area contributed by atoms with Crippen molar-refractivity contribution in [2.75, 3.05) is 25.6 Å². The highest BCUT2D eigenvalue weighted by Gasteiger charge is 2.21.